The first kappa shape index (κ1) is 23.5. The van der Waals surface area contributed by atoms with E-state index in [1.807, 2.05) is 6.92 Å². The predicted octanol–water partition coefficient (Wildman–Crippen LogP) is 5.01. The number of benzene rings is 1. The highest BCUT2D eigenvalue weighted by atomic mass is 19.3. The second kappa shape index (κ2) is 9.40. The summed E-state index contributed by atoms with van der Waals surface area (Å²) < 4.78 is 53.1. The van der Waals surface area contributed by atoms with Gasteiger partial charge in [-0.25, -0.2) is 18.2 Å². The summed E-state index contributed by atoms with van der Waals surface area (Å²) in [4.78, 5) is 24.9. The number of hydrogen-bond acceptors (Lipinski definition) is 6. The summed E-state index contributed by atoms with van der Waals surface area (Å²) >= 11 is 0. The second-order valence-electron chi connectivity index (χ2n) is 8.07. The standard InChI is InChI=1S/C25H22F3N5O3/c1-3-36-17-8-7-15-19(32-17)12(9-10-29-15)21-22(31-16-6-4-5-14(26)23(16)35-2)18-20(33-21)13(24(27)28)11-30-25(18)34/h4-10,13,24,31,33H,3,11H2,1-2H3,(H,30,34)/t13-/m1/s1. The summed E-state index contributed by atoms with van der Waals surface area (Å²) in [5.74, 6) is -2.15. The number of methoxy groups -OCH3 is 1. The molecule has 1 aliphatic rings. The lowest BCUT2D eigenvalue weighted by Crippen LogP contribution is -2.37. The molecule has 0 radical (unpaired) electrons. The number of amides is 1. The van der Waals surface area contributed by atoms with Gasteiger partial charge in [0.15, 0.2) is 11.6 Å². The lowest BCUT2D eigenvalue weighted by molar-refractivity contribution is 0.0853. The average molecular weight is 497 g/mol. The minimum absolute atomic E-state index is 0.0128. The lowest BCUT2D eigenvalue weighted by atomic mass is 9.96. The molecule has 1 aromatic carbocycles. The molecule has 1 atom stereocenters. The van der Waals surface area contributed by atoms with E-state index >= 15 is 0 Å². The summed E-state index contributed by atoms with van der Waals surface area (Å²) in [5.41, 5.74) is 2.28. The molecule has 3 N–H and O–H groups in total. The third-order valence-electron chi connectivity index (χ3n) is 5.96. The Balaban J connectivity index is 1.78. The van der Waals surface area contributed by atoms with Crippen LogP contribution in [0.4, 0.5) is 24.5 Å². The predicted molar refractivity (Wildman–Crippen MR) is 128 cm³/mol. The van der Waals surface area contributed by atoms with Gasteiger partial charge in [-0.15, -0.1) is 0 Å². The molecule has 0 saturated heterocycles. The third-order valence-corrected chi connectivity index (χ3v) is 5.96. The van der Waals surface area contributed by atoms with E-state index in [0.29, 0.717) is 34.8 Å². The van der Waals surface area contributed by atoms with Gasteiger partial charge in [0.25, 0.3) is 5.91 Å². The van der Waals surface area contributed by atoms with Crippen LogP contribution in [0.3, 0.4) is 0 Å². The number of pyridine rings is 2. The molecule has 5 rings (SSSR count). The molecule has 0 unspecified atom stereocenters. The number of carbonyl (C=O) groups excluding carboxylic acids is 1. The van der Waals surface area contributed by atoms with Gasteiger partial charge in [0.2, 0.25) is 12.3 Å². The maximum atomic E-state index is 14.4. The van der Waals surface area contributed by atoms with Crippen LogP contribution in [0.1, 0.15) is 28.9 Å². The number of hydrogen-bond donors (Lipinski definition) is 3. The number of ether oxygens (including phenoxy) is 2. The van der Waals surface area contributed by atoms with Gasteiger partial charge < -0.3 is 25.1 Å². The quantitative estimate of drug-likeness (QED) is 0.332. The number of fused-ring (bicyclic) bond motifs is 2. The van der Waals surface area contributed by atoms with E-state index in [-0.39, 0.29) is 34.9 Å². The molecule has 8 nitrogen and oxygen atoms in total. The van der Waals surface area contributed by atoms with Crippen molar-refractivity contribution >= 4 is 28.3 Å². The number of aromatic amines is 1. The van der Waals surface area contributed by atoms with E-state index < -0.39 is 24.1 Å². The summed E-state index contributed by atoms with van der Waals surface area (Å²) in [5, 5.41) is 5.58. The third kappa shape index (κ3) is 3.96. The molecule has 0 spiro atoms. The number of aromatic nitrogens is 3. The average Bonchev–Trinajstić information content (AvgIpc) is 3.23. The van der Waals surface area contributed by atoms with Crippen LogP contribution in [0.25, 0.3) is 22.3 Å². The smallest absolute Gasteiger partial charge is 0.255 e. The second-order valence-corrected chi connectivity index (χ2v) is 8.07. The van der Waals surface area contributed by atoms with Crippen molar-refractivity contribution < 1.29 is 27.4 Å². The van der Waals surface area contributed by atoms with E-state index in [4.69, 9.17) is 9.47 Å². The van der Waals surface area contributed by atoms with E-state index in [1.165, 1.54) is 19.2 Å². The van der Waals surface area contributed by atoms with Crippen molar-refractivity contribution in [3.63, 3.8) is 0 Å². The van der Waals surface area contributed by atoms with Crippen molar-refractivity contribution in [3.8, 4) is 22.9 Å². The molecular formula is C25H22F3N5O3. The minimum Gasteiger partial charge on any atom is -0.492 e. The van der Waals surface area contributed by atoms with Gasteiger partial charge in [-0.1, -0.05) is 6.07 Å². The number of para-hydroxylation sites is 1. The largest absolute Gasteiger partial charge is 0.492 e. The number of nitrogens with zero attached hydrogens (tertiary/aromatic N) is 2. The Bertz CT molecular complexity index is 1460. The highest BCUT2D eigenvalue weighted by Crippen LogP contribution is 2.43. The van der Waals surface area contributed by atoms with Crippen LogP contribution >= 0.6 is 0 Å². The van der Waals surface area contributed by atoms with Crippen molar-refractivity contribution in [3.05, 3.63) is 59.7 Å². The lowest BCUT2D eigenvalue weighted by Gasteiger charge is -2.23. The van der Waals surface area contributed by atoms with Gasteiger partial charge >= 0.3 is 0 Å². The first-order chi connectivity index (χ1) is 17.4. The Morgan fingerprint density at radius 3 is 2.81 bits per heavy atom. The number of anilines is 2. The number of rotatable bonds is 7. The monoisotopic (exact) mass is 497 g/mol. The van der Waals surface area contributed by atoms with Gasteiger partial charge in [-0.3, -0.25) is 9.78 Å². The number of nitrogens with one attached hydrogen (secondary N) is 3. The zero-order chi connectivity index (χ0) is 25.4. The summed E-state index contributed by atoms with van der Waals surface area (Å²) in [6.07, 6.45) is -1.18. The topological polar surface area (TPSA) is 101 Å². The fourth-order valence-electron chi connectivity index (χ4n) is 4.36. The number of carbonyl (C=O) groups is 1. The number of alkyl halides is 2. The van der Waals surface area contributed by atoms with Crippen molar-refractivity contribution in [1.82, 2.24) is 20.3 Å². The van der Waals surface area contributed by atoms with Crippen LogP contribution in [-0.2, 0) is 0 Å². The van der Waals surface area contributed by atoms with Gasteiger partial charge in [-0.2, -0.15) is 0 Å². The zero-order valence-electron chi connectivity index (χ0n) is 19.4. The maximum absolute atomic E-state index is 14.4. The molecule has 1 amide bonds. The van der Waals surface area contributed by atoms with Crippen molar-refractivity contribution in [2.45, 2.75) is 19.3 Å². The number of halogens is 3. The molecule has 0 fully saturated rings. The SMILES string of the molecule is CCOc1ccc2nccc(-c3[nH]c4c(c3Nc3cccc(F)c3OC)C(=O)NC[C@H]4C(F)F)c2n1. The molecule has 0 bridgehead atoms. The Labute approximate surface area is 203 Å². The van der Waals surface area contributed by atoms with Gasteiger partial charge in [-0.05, 0) is 31.2 Å². The van der Waals surface area contributed by atoms with E-state index in [1.54, 1.807) is 30.5 Å². The van der Waals surface area contributed by atoms with Gasteiger partial charge in [0, 0.05) is 30.1 Å². The summed E-state index contributed by atoms with van der Waals surface area (Å²) in [6, 6.07) is 9.33. The van der Waals surface area contributed by atoms with Crippen LogP contribution < -0.4 is 20.1 Å². The van der Waals surface area contributed by atoms with Crippen LogP contribution in [-0.4, -0.2) is 47.5 Å². The molecule has 36 heavy (non-hydrogen) atoms. The minimum atomic E-state index is -2.73. The fourth-order valence-corrected chi connectivity index (χ4v) is 4.36. The maximum Gasteiger partial charge on any atom is 0.255 e. The van der Waals surface area contributed by atoms with E-state index in [9.17, 15) is 18.0 Å². The normalized spacial score (nSPS) is 15.1. The molecule has 0 aliphatic carbocycles. The molecule has 3 aromatic heterocycles. The first-order valence-corrected chi connectivity index (χ1v) is 11.2. The van der Waals surface area contributed by atoms with Gasteiger partial charge in [0.05, 0.1) is 47.8 Å². The molecule has 4 aromatic rings. The fraction of sp³-hybridized carbons (Fsp3) is 0.240. The molecule has 1 aliphatic heterocycles. The Kier molecular flexibility index (Phi) is 6.13. The van der Waals surface area contributed by atoms with E-state index in [0.717, 1.165) is 0 Å². The molecule has 4 heterocycles. The highest BCUT2D eigenvalue weighted by molar-refractivity contribution is 6.08. The first-order valence-electron chi connectivity index (χ1n) is 11.2. The van der Waals surface area contributed by atoms with Crippen LogP contribution in [0.2, 0.25) is 0 Å². The van der Waals surface area contributed by atoms with Crippen molar-refractivity contribution in [2.75, 3.05) is 25.6 Å². The summed E-state index contributed by atoms with van der Waals surface area (Å²) in [7, 11) is 1.31. The van der Waals surface area contributed by atoms with Gasteiger partial charge in [0.1, 0.15) is 5.52 Å². The summed E-state index contributed by atoms with van der Waals surface area (Å²) in [6.45, 7) is 2.00. The zero-order valence-corrected chi connectivity index (χ0v) is 19.4. The van der Waals surface area contributed by atoms with Crippen molar-refractivity contribution in [2.24, 2.45) is 0 Å². The molecule has 186 valence electrons. The Morgan fingerprint density at radius 2 is 2.06 bits per heavy atom. The molecule has 0 saturated carbocycles. The molecular weight excluding hydrogens is 475 g/mol. The number of H-pyrrole nitrogens is 1. The highest BCUT2D eigenvalue weighted by Gasteiger charge is 2.37. The van der Waals surface area contributed by atoms with Crippen LogP contribution in [0.15, 0.2) is 42.6 Å². The molecule has 11 heteroatoms. The van der Waals surface area contributed by atoms with E-state index in [2.05, 4.69) is 25.6 Å². The van der Waals surface area contributed by atoms with Crippen molar-refractivity contribution in [1.29, 1.82) is 0 Å². The van der Waals surface area contributed by atoms with Crippen LogP contribution in [0.5, 0.6) is 11.6 Å². The van der Waals surface area contributed by atoms with Crippen LogP contribution in [0, 0.1) is 5.82 Å². The Morgan fingerprint density at radius 1 is 1.22 bits per heavy atom. The Hall–Kier alpha value is -4.28.